The van der Waals surface area contributed by atoms with Crippen molar-refractivity contribution in [2.24, 2.45) is 13.0 Å². The van der Waals surface area contributed by atoms with E-state index in [1.807, 2.05) is 25.6 Å². The van der Waals surface area contributed by atoms with Crippen molar-refractivity contribution in [1.82, 2.24) is 9.78 Å². The van der Waals surface area contributed by atoms with Crippen LogP contribution in [0.3, 0.4) is 0 Å². The van der Waals surface area contributed by atoms with Crippen molar-refractivity contribution in [3.8, 4) is 0 Å². The van der Waals surface area contributed by atoms with Gasteiger partial charge in [-0.2, -0.15) is 5.10 Å². The second-order valence-corrected chi connectivity index (χ2v) is 6.84. The van der Waals surface area contributed by atoms with Gasteiger partial charge in [-0.05, 0) is 39.5 Å². The molecule has 0 bridgehead atoms. The molecule has 4 heteroatoms. The first-order valence-electron chi connectivity index (χ1n) is 8.16. The third-order valence-electron chi connectivity index (χ3n) is 5.47. The van der Waals surface area contributed by atoms with Gasteiger partial charge in [0.1, 0.15) is 5.78 Å². The third kappa shape index (κ3) is 2.78. The first-order chi connectivity index (χ1) is 10.0. The van der Waals surface area contributed by atoms with Gasteiger partial charge in [-0.15, -0.1) is 0 Å². The average molecular weight is 290 g/mol. The number of nitrogens with zero attached hydrogens (tertiary/aromatic N) is 2. The summed E-state index contributed by atoms with van der Waals surface area (Å²) < 4.78 is 7.92. The molecule has 0 aromatic carbocycles. The molecule has 1 atom stereocenters. The van der Waals surface area contributed by atoms with Crippen molar-refractivity contribution in [1.29, 1.82) is 0 Å². The zero-order valence-electron chi connectivity index (χ0n) is 13.4. The van der Waals surface area contributed by atoms with Crippen molar-refractivity contribution in [2.75, 3.05) is 6.61 Å². The molecule has 2 fully saturated rings. The highest BCUT2D eigenvalue weighted by Gasteiger charge is 2.41. The Morgan fingerprint density at radius 3 is 2.71 bits per heavy atom. The lowest BCUT2D eigenvalue weighted by molar-refractivity contribution is -0.135. The Bertz CT molecular complexity index is 541. The highest BCUT2D eigenvalue weighted by molar-refractivity contribution is 5.84. The largest absolute Gasteiger partial charge is 0.375 e. The third-order valence-corrected chi connectivity index (χ3v) is 5.47. The van der Waals surface area contributed by atoms with Crippen molar-refractivity contribution in [3.05, 3.63) is 17.0 Å². The molecule has 2 heterocycles. The molecule has 0 amide bonds. The van der Waals surface area contributed by atoms with Crippen LogP contribution in [0.15, 0.2) is 0 Å². The summed E-state index contributed by atoms with van der Waals surface area (Å²) in [5, 5.41) is 4.42. The van der Waals surface area contributed by atoms with Crippen LogP contribution in [0.5, 0.6) is 0 Å². The minimum absolute atomic E-state index is 0.0254. The number of hydrogen-bond donors (Lipinski definition) is 0. The molecule has 1 unspecified atom stereocenters. The number of carbonyl (C=O) groups is 1. The van der Waals surface area contributed by atoms with Crippen molar-refractivity contribution in [3.63, 3.8) is 0 Å². The van der Waals surface area contributed by atoms with E-state index >= 15 is 0 Å². The fourth-order valence-electron chi connectivity index (χ4n) is 4.06. The predicted octanol–water partition coefficient (Wildman–Crippen LogP) is 2.89. The molecule has 4 nitrogen and oxygen atoms in total. The van der Waals surface area contributed by atoms with Gasteiger partial charge in [0.2, 0.25) is 0 Å². The first-order valence-corrected chi connectivity index (χ1v) is 8.16. The molecule has 1 aromatic heterocycles. The van der Waals surface area contributed by atoms with Crippen LogP contribution in [0.2, 0.25) is 0 Å². The quantitative estimate of drug-likeness (QED) is 0.860. The molecule has 1 aromatic rings. The number of ketones is 1. The topological polar surface area (TPSA) is 44.1 Å². The Balaban J connectivity index is 1.70. The number of ether oxygens (including phenoxy) is 1. The van der Waals surface area contributed by atoms with E-state index in [1.54, 1.807) is 0 Å². The SMILES string of the molecule is Cc1nn(C)c(C)c1CC(=O)C1CCOC2(CCCC2)C1. The van der Waals surface area contributed by atoms with E-state index in [1.165, 1.54) is 12.8 Å². The fourth-order valence-corrected chi connectivity index (χ4v) is 4.06. The van der Waals surface area contributed by atoms with Crippen LogP contribution in [0.4, 0.5) is 0 Å². The highest BCUT2D eigenvalue weighted by Crippen LogP contribution is 2.42. The maximum atomic E-state index is 12.7. The Morgan fingerprint density at radius 1 is 1.38 bits per heavy atom. The summed E-state index contributed by atoms with van der Waals surface area (Å²) in [6.07, 6.45) is 7.14. The van der Waals surface area contributed by atoms with Crippen LogP contribution in [-0.2, 0) is 23.0 Å². The summed E-state index contributed by atoms with van der Waals surface area (Å²) in [4.78, 5) is 12.7. The second kappa shape index (κ2) is 5.56. The van der Waals surface area contributed by atoms with Crippen LogP contribution in [0.1, 0.15) is 55.5 Å². The van der Waals surface area contributed by atoms with Gasteiger partial charge in [-0.1, -0.05) is 12.8 Å². The summed E-state index contributed by atoms with van der Waals surface area (Å²) in [6, 6.07) is 0. The number of aryl methyl sites for hydroxylation is 2. The molecule has 116 valence electrons. The summed E-state index contributed by atoms with van der Waals surface area (Å²) in [7, 11) is 1.94. The van der Waals surface area contributed by atoms with Gasteiger partial charge >= 0.3 is 0 Å². The molecule has 2 aliphatic rings. The second-order valence-electron chi connectivity index (χ2n) is 6.84. The van der Waals surface area contributed by atoms with Crippen molar-refractivity contribution < 1.29 is 9.53 Å². The molecule has 1 spiro atoms. The van der Waals surface area contributed by atoms with E-state index < -0.39 is 0 Å². The Morgan fingerprint density at radius 2 is 2.10 bits per heavy atom. The maximum absolute atomic E-state index is 12.7. The zero-order valence-corrected chi connectivity index (χ0v) is 13.4. The minimum Gasteiger partial charge on any atom is -0.375 e. The molecule has 0 radical (unpaired) electrons. The number of Topliss-reactive ketones (excluding diaryl/α,β-unsaturated/α-hetero) is 1. The number of rotatable bonds is 3. The van der Waals surface area contributed by atoms with Crippen LogP contribution in [-0.4, -0.2) is 27.8 Å². The lowest BCUT2D eigenvalue weighted by Gasteiger charge is -2.37. The van der Waals surface area contributed by atoms with Crippen molar-refractivity contribution >= 4 is 5.78 Å². The normalized spacial score (nSPS) is 24.6. The molecule has 21 heavy (non-hydrogen) atoms. The minimum atomic E-state index is 0.0254. The summed E-state index contributed by atoms with van der Waals surface area (Å²) in [5.41, 5.74) is 3.25. The van der Waals surface area contributed by atoms with E-state index in [-0.39, 0.29) is 11.5 Å². The average Bonchev–Trinajstić information content (AvgIpc) is 2.99. The van der Waals surface area contributed by atoms with Gasteiger partial charge in [-0.3, -0.25) is 9.48 Å². The summed E-state index contributed by atoms with van der Waals surface area (Å²) in [6.45, 7) is 4.80. The monoisotopic (exact) mass is 290 g/mol. The number of hydrogen-bond acceptors (Lipinski definition) is 3. The standard InChI is InChI=1S/C17H26N2O2/c1-12-15(13(2)19(3)18-12)10-16(20)14-6-9-21-17(11-14)7-4-5-8-17/h14H,4-11H2,1-3H3. The molecule has 1 saturated carbocycles. The summed E-state index contributed by atoms with van der Waals surface area (Å²) in [5.74, 6) is 0.555. The molecule has 3 rings (SSSR count). The van der Waals surface area contributed by atoms with Gasteiger partial charge in [0.15, 0.2) is 0 Å². The van der Waals surface area contributed by atoms with Crippen LogP contribution >= 0.6 is 0 Å². The fraction of sp³-hybridized carbons (Fsp3) is 0.765. The van der Waals surface area contributed by atoms with E-state index in [4.69, 9.17) is 4.74 Å². The van der Waals surface area contributed by atoms with Crippen LogP contribution < -0.4 is 0 Å². The van der Waals surface area contributed by atoms with Gasteiger partial charge in [-0.25, -0.2) is 0 Å². The molecular formula is C17H26N2O2. The smallest absolute Gasteiger partial charge is 0.140 e. The maximum Gasteiger partial charge on any atom is 0.140 e. The molecule has 1 saturated heterocycles. The van der Waals surface area contributed by atoms with Crippen LogP contribution in [0.25, 0.3) is 0 Å². The molecule has 0 N–H and O–H groups in total. The van der Waals surface area contributed by atoms with Gasteiger partial charge < -0.3 is 4.74 Å². The van der Waals surface area contributed by atoms with E-state index in [0.29, 0.717) is 12.2 Å². The van der Waals surface area contributed by atoms with Gasteiger partial charge in [0.05, 0.1) is 11.3 Å². The van der Waals surface area contributed by atoms with E-state index in [2.05, 4.69) is 5.10 Å². The number of carbonyl (C=O) groups excluding carboxylic acids is 1. The van der Waals surface area contributed by atoms with Crippen molar-refractivity contribution in [2.45, 2.75) is 64.4 Å². The first kappa shape index (κ1) is 14.8. The van der Waals surface area contributed by atoms with E-state index in [0.717, 1.165) is 49.2 Å². The zero-order chi connectivity index (χ0) is 15.0. The Hall–Kier alpha value is -1.16. The van der Waals surface area contributed by atoms with E-state index in [9.17, 15) is 4.79 Å². The molecular weight excluding hydrogens is 264 g/mol. The Labute approximate surface area is 126 Å². The highest BCUT2D eigenvalue weighted by atomic mass is 16.5. The Kier molecular flexibility index (Phi) is 3.91. The predicted molar refractivity (Wildman–Crippen MR) is 81.3 cm³/mol. The molecule has 1 aliphatic carbocycles. The lowest BCUT2D eigenvalue weighted by Crippen LogP contribution is -2.40. The van der Waals surface area contributed by atoms with Gasteiger partial charge in [0.25, 0.3) is 0 Å². The molecule has 1 aliphatic heterocycles. The number of aromatic nitrogens is 2. The summed E-state index contributed by atoms with van der Waals surface area (Å²) >= 11 is 0. The van der Waals surface area contributed by atoms with Crippen LogP contribution in [0, 0.1) is 19.8 Å². The lowest BCUT2D eigenvalue weighted by atomic mass is 9.81. The van der Waals surface area contributed by atoms with Gasteiger partial charge in [0, 0.05) is 37.3 Å².